The summed E-state index contributed by atoms with van der Waals surface area (Å²) in [4.78, 5) is 12.8. The largest absolute Gasteiger partial charge is 0.497 e. The van der Waals surface area contributed by atoms with E-state index in [-0.39, 0.29) is 5.95 Å². The second kappa shape index (κ2) is 6.80. The van der Waals surface area contributed by atoms with Crippen LogP contribution in [0.4, 0.5) is 5.95 Å². The number of ether oxygens (including phenoxy) is 1. The Labute approximate surface area is 140 Å². The molecule has 118 valence electrons. The molecule has 3 rings (SSSR count). The number of nitrogens with two attached hydrogens (primary N) is 1. The van der Waals surface area contributed by atoms with Crippen LogP contribution in [0.3, 0.4) is 0 Å². The first-order valence-corrected chi connectivity index (χ1v) is 7.39. The maximum absolute atomic E-state index is 5.83. The van der Waals surface area contributed by atoms with Crippen LogP contribution in [0.1, 0.15) is 17.0 Å². The number of anilines is 1. The molecule has 0 saturated carbocycles. The van der Waals surface area contributed by atoms with Crippen LogP contribution >= 0.6 is 0 Å². The average molecular weight is 316 g/mol. The SMILES string of the molecule is COc1cccc(-c2nc(N)nc(C)c2C#Cc2ccccn2)c1. The molecule has 0 aliphatic carbocycles. The van der Waals surface area contributed by atoms with Crippen molar-refractivity contribution in [2.24, 2.45) is 0 Å². The van der Waals surface area contributed by atoms with E-state index in [0.717, 1.165) is 22.6 Å². The van der Waals surface area contributed by atoms with Gasteiger partial charge in [0, 0.05) is 11.8 Å². The molecule has 0 radical (unpaired) electrons. The van der Waals surface area contributed by atoms with Crippen molar-refractivity contribution in [3.8, 4) is 28.8 Å². The zero-order valence-corrected chi connectivity index (χ0v) is 13.4. The van der Waals surface area contributed by atoms with Crippen LogP contribution in [0.25, 0.3) is 11.3 Å². The summed E-state index contributed by atoms with van der Waals surface area (Å²) in [6.07, 6.45) is 1.71. The molecule has 1 aromatic carbocycles. The van der Waals surface area contributed by atoms with Gasteiger partial charge in [0.25, 0.3) is 0 Å². The highest BCUT2D eigenvalue weighted by atomic mass is 16.5. The number of nitrogen functional groups attached to an aromatic ring is 1. The highest BCUT2D eigenvalue weighted by Crippen LogP contribution is 2.26. The molecule has 5 nitrogen and oxygen atoms in total. The lowest BCUT2D eigenvalue weighted by Crippen LogP contribution is -2.03. The van der Waals surface area contributed by atoms with Gasteiger partial charge >= 0.3 is 0 Å². The number of benzene rings is 1. The van der Waals surface area contributed by atoms with Crippen molar-refractivity contribution < 1.29 is 4.74 Å². The zero-order chi connectivity index (χ0) is 16.9. The molecular weight excluding hydrogens is 300 g/mol. The highest BCUT2D eigenvalue weighted by molar-refractivity contribution is 5.70. The fourth-order valence-corrected chi connectivity index (χ4v) is 2.29. The Bertz CT molecular complexity index is 927. The predicted octanol–water partition coefficient (Wildman–Crippen LogP) is 2.84. The monoisotopic (exact) mass is 316 g/mol. The van der Waals surface area contributed by atoms with Crippen molar-refractivity contribution in [3.05, 3.63) is 65.6 Å². The molecule has 0 atom stereocenters. The van der Waals surface area contributed by atoms with E-state index in [4.69, 9.17) is 10.5 Å². The summed E-state index contributed by atoms with van der Waals surface area (Å²) in [5, 5.41) is 0. The van der Waals surface area contributed by atoms with Gasteiger partial charge in [0.05, 0.1) is 24.1 Å². The maximum atomic E-state index is 5.83. The predicted molar refractivity (Wildman–Crippen MR) is 93.4 cm³/mol. The summed E-state index contributed by atoms with van der Waals surface area (Å²) in [5.74, 6) is 7.13. The molecule has 24 heavy (non-hydrogen) atoms. The Kier molecular flexibility index (Phi) is 4.39. The minimum absolute atomic E-state index is 0.216. The summed E-state index contributed by atoms with van der Waals surface area (Å²) in [7, 11) is 1.63. The molecule has 0 aliphatic heterocycles. The number of nitrogens with zero attached hydrogens (tertiary/aromatic N) is 3. The summed E-state index contributed by atoms with van der Waals surface area (Å²) >= 11 is 0. The van der Waals surface area contributed by atoms with E-state index in [2.05, 4.69) is 26.8 Å². The lowest BCUT2D eigenvalue weighted by atomic mass is 10.0. The van der Waals surface area contributed by atoms with Crippen LogP contribution < -0.4 is 10.5 Å². The van der Waals surface area contributed by atoms with Crippen LogP contribution in [0, 0.1) is 18.8 Å². The molecule has 0 amide bonds. The van der Waals surface area contributed by atoms with Gasteiger partial charge in [-0.25, -0.2) is 15.0 Å². The van der Waals surface area contributed by atoms with Gasteiger partial charge in [-0.1, -0.05) is 24.1 Å². The standard InChI is InChI=1S/C19H16N4O/c1-13-17(10-9-15-7-3-4-11-21-15)18(23-19(20)22-13)14-6-5-8-16(12-14)24-2/h3-8,11-12H,1-2H3,(H2,20,22,23). The number of aromatic nitrogens is 3. The van der Waals surface area contributed by atoms with Crippen LogP contribution in [0.5, 0.6) is 5.75 Å². The third kappa shape index (κ3) is 3.33. The van der Waals surface area contributed by atoms with E-state index in [0.29, 0.717) is 11.4 Å². The minimum atomic E-state index is 0.216. The Morgan fingerprint density at radius 3 is 2.67 bits per heavy atom. The summed E-state index contributed by atoms with van der Waals surface area (Å²) in [6.45, 7) is 1.87. The number of rotatable bonds is 2. The molecule has 2 aromatic heterocycles. The van der Waals surface area contributed by atoms with E-state index >= 15 is 0 Å². The molecule has 0 bridgehead atoms. The van der Waals surface area contributed by atoms with Crippen molar-refractivity contribution in [2.75, 3.05) is 12.8 Å². The van der Waals surface area contributed by atoms with Gasteiger partial charge in [-0.3, -0.25) is 0 Å². The summed E-state index contributed by atoms with van der Waals surface area (Å²) < 4.78 is 5.29. The van der Waals surface area contributed by atoms with Crippen molar-refractivity contribution in [3.63, 3.8) is 0 Å². The number of hydrogen-bond acceptors (Lipinski definition) is 5. The van der Waals surface area contributed by atoms with Gasteiger partial charge in [0.2, 0.25) is 5.95 Å². The van der Waals surface area contributed by atoms with Gasteiger partial charge in [0.1, 0.15) is 11.4 Å². The quantitative estimate of drug-likeness (QED) is 0.736. The molecular formula is C19H16N4O. The smallest absolute Gasteiger partial charge is 0.220 e. The van der Waals surface area contributed by atoms with Gasteiger partial charge in [-0.05, 0) is 37.1 Å². The van der Waals surface area contributed by atoms with Crippen molar-refractivity contribution >= 4 is 5.95 Å². The molecule has 5 heteroatoms. The molecule has 3 aromatic rings. The lowest BCUT2D eigenvalue weighted by molar-refractivity contribution is 0.415. The van der Waals surface area contributed by atoms with Crippen LogP contribution in [0.2, 0.25) is 0 Å². The average Bonchev–Trinajstić information content (AvgIpc) is 2.61. The van der Waals surface area contributed by atoms with E-state index in [1.807, 2.05) is 49.4 Å². The molecule has 0 aliphatic rings. The number of methoxy groups -OCH3 is 1. The van der Waals surface area contributed by atoms with E-state index < -0.39 is 0 Å². The van der Waals surface area contributed by atoms with Gasteiger partial charge < -0.3 is 10.5 Å². The van der Waals surface area contributed by atoms with Crippen molar-refractivity contribution in [1.29, 1.82) is 0 Å². The maximum Gasteiger partial charge on any atom is 0.220 e. The Morgan fingerprint density at radius 1 is 1.04 bits per heavy atom. The number of pyridine rings is 1. The van der Waals surface area contributed by atoms with Crippen LogP contribution in [0.15, 0.2) is 48.7 Å². The fourth-order valence-electron chi connectivity index (χ4n) is 2.29. The third-order valence-corrected chi connectivity index (χ3v) is 3.43. The molecule has 0 unspecified atom stereocenters. The van der Waals surface area contributed by atoms with Crippen LogP contribution in [-0.2, 0) is 0 Å². The Balaban J connectivity index is 2.14. The molecule has 2 N–H and O–H groups in total. The zero-order valence-electron chi connectivity index (χ0n) is 13.4. The summed E-state index contributed by atoms with van der Waals surface area (Å²) in [5.41, 5.74) is 9.52. The molecule has 2 heterocycles. The first-order chi connectivity index (χ1) is 11.7. The topological polar surface area (TPSA) is 73.9 Å². The van der Waals surface area contributed by atoms with E-state index in [9.17, 15) is 0 Å². The Hall–Kier alpha value is -3.39. The Morgan fingerprint density at radius 2 is 1.92 bits per heavy atom. The minimum Gasteiger partial charge on any atom is -0.497 e. The lowest BCUT2D eigenvalue weighted by Gasteiger charge is -2.09. The second-order valence-corrected chi connectivity index (χ2v) is 5.09. The van der Waals surface area contributed by atoms with Gasteiger partial charge in [-0.2, -0.15) is 0 Å². The fraction of sp³-hybridized carbons (Fsp3) is 0.105. The molecule has 0 spiro atoms. The van der Waals surface area contributed by atoms with Crippen molar-refractivity contribution in [1.82, 2.24) is 15.0 Å². The summed E-state index contributed by atoms with van der Waals surface area (Å²) in [6, 6.07) is 13.2. The van der Waals surface area contributed by atoms with E-state index in [1.54, 1.807) is 13.3 Å². The van der Waals surface area contributed by atoms with Gasteiger partial charge in [0.15, 0.2) is 0 Å². The molecule has 0 fully saturated rings. The second-order valence-electron chi connectivity index (χ2n) is 5.09. The number of hydrogen-bond donors (Lipinski definition) is 1. The van der Waals surface area contributed by atoms with E-state index in [1.165, 1.54) is 0 Å². The normalized spacial score (nSPS) is 9.92. The van der Waals surface area contributed by atoms with Crippen LogP contribution in [-0.4, -0.2) is 22.1 Å². The van der Waals surface area contributed by atoms with Crippen molar-refractivity contribution in [2.45, 2.75) is 6.92 Å². The first kappa shape index (κ1) is 15.5. The molecule has 0 saturated heterocycles. The third-order valence-electron chi connectivity index (χ3n) is 3.43. The van der Waals surface area contributed by atoms with Gasteiger partial charge in [-0.15, -0.1) is 0 Å². The highest BCUT2D eigenvalue weighted by Gasteiger charge is 2.12. The first-order valence-electron chi connectivity index (χ1n) is 7.39. The number of aryl methyl sites for hydroxylation is 1.